The van der Waals surface area contributed by atoms with Gasteiger partial charge in [0.1, 0.15) is 5.78 Å². The predicted octanol–water partition coefficient (Wildman–Crippen LogP) is 5.74. The maximum absolute atomic E-state index is 10.5. The molecule has 0 aliphatic heterocycles. The molecule has 132 valence electrons. The molecule has 0 rings (SSSR count). The molecule has 0 aliphatic carbocycles. The van der Waals surface area contributed by atoms with Crippen molar-refractivity contribution in [2.24, 2.45) is 16.2 Å². The van der Waals surface area contributed by atoms with E-state index in [9.17, 15) is 9.59 Å². The first-order valence-electron chi connectivity index (χ1n) is 7.69. The van der Waals surface area contributed by atoms with Crippen LogP contribution >= 0.6 is 0 Å². The molecule has 0 saturated carbocycles. The largest absolute Gasteiger partial charge is 0.481 e. The van der Waals surface area contributed by atoms with Gasteiger partial charge in [0, 0.05) is 6.42 Å². The minimum Gasteiger partial charge on any atom is -0.481 e. The first-order valence-corrected chi connectivity index (χ1v) is 7.69. The number of carbonyl (C=O) groups excluding carboxylic acids is 1. The summed E-state index contributed by atoms with van der Waals surface area (Å²) < 4.78 is 0. The van der Waals surface area contributed by atoms with Gasteiger partial charge in [0.15, 0.2) is 0 Å². The van der Waals surface area contributed by atoms with Crippen LogP contribution in [-0.2, 0) is 9.59 Å². The Balaban J connectivity index is -0.000000247. The average molecular weight is 315 g/mol. The summed E-state index contributed by atoms with van der Waals surface area (Å²) in [5, 5.41) is 8.25. The maximum Gasteiger partial charge on any atom is 0.308 e. The smallest absolute Gasteiger partial charge is 0.308 e. The molecule has 0 atom stereocenters. The van der Waals surface area contributed by atoms with Gasteiger partial charge in [-0.2, -0.15) is 0 Å². The van der Waals surface area contributed by atoms with E-state index in [4.69, 9.17) is 5.11 Å². The lowest BCUT2D eigenvalue weighted by Gasteiger charge is -2.16. The Morgan fingerprint density at radius 1 is 0.818 bits per heavy atom. The lowest BCUT2D eigenvalue weighted by Crippen LogP contribution is -2.18. The van der Waals surface area contributed by atoms with Crippen molar-refractivity contribution in [3.63, 3.8) is 0 Å². The zero-order valence-corrected chi connectivity index (χ0v) is 16.7. The molecule has 3 heteroatoms. The molecule has 0 saturated heterocycles. The van der Waals surface area contributed by atoms with Gasteiger partial charge in [-0.05, 0) is 45.4 Å². The average Bonchev–Trinajstić information content (AvgIpc) is 2.11. The van der Waals surface area contributed by atoms with Crippen molar-refractivity contribution >= 4 is 11.8 Å². The number of carbonyl (C=O) groups is 2. The number of hydrogen-bond acceptors (Lipinski definition) is 2. The first-order chi connectivity index (χ1) is 9.30. The van der Waals surface area contributed by atoms with Crippen molar-refractivity contribution in [1.82, 2.24) is 0 Å². The molecule has 22 heavy (non-hydrogen) atoms. The normalized spacial score (nSPS) is 11.4. The Morgan fingerprint density at radius 3 is 1.05 bits per heavy atom. The van der Waals surface area contributed by atoms with Crippen molar-refractivity contribution in [3.8, 4) is 0 Å². The molecule has 0 amide bonds. The second kappa shape index (κ2) is 9.81. The minimum absolute atomic E-state index is 0.172. The van der Waals surface area contributed by atoms with Crippen LogP contribution in [0.5, 0.6) is 0 Å². The Morgan fingerprint density at radius 2 is 1.05 bits per heavy atom. The van der Waals surface area contributed by atoms with E-state index in [0.29, 0.717) is 11.8 Å². The summed E-state index contributed by atoms with van der Waals surface area (Å²) >= 11 is 0. The standard InChI is InChI=1S/C7H14O.C7H14.C5H10O2/c1-6(8)5-7(2,3)4;1-6(2)7(3,4)5;1-5(2,3)4(6)7/h5H2,1-4H3;1H2,2-5H3;1-3H3,(H,6,7). The van der Waals surface area contributed by atoms with Crippen LogP contribution in [0.15, 0.2) is 12.2 Å². The van der Waals surface area contributed by atoms with Gasteiger partial charge in [0.05, 0.1) is 5.41 Å². The summed E-state index contributed by atoms with van der Waals surface area (Å²) in [5.41, 5.74) is 1.14. The van der Waals surface area contributed by atoms with Gasteiger partial charge in [0.25, 0.3) is 0 Å². The molecular weight excluding hydrogens is 276 g/mol. The van der Waals surface area contributed by atoms with Crippen molar-refractivity contribution < 1.29 is 14.7 Å². The van der Waals surface area contributed by atoms with E-state index >= 15 is 0 Å². The molecule has 3 nitrogen and oxygen atoms in total. The molecule has 1 N–H and O–H groups in total. The van der Waals surface area contributed by atoms with E-state index < -0.39 is 11.4 Å². The molecule has 0 unspecified atom stereocenters. The van der Waals surface area contributed by atoms with Crippen molar-refractivity contribution in [2.45, 2.75) is 82.6 Å². The zero-order chi connectivity index (χ0) is 18.9. The van der Waals surface area contributed by atoms with Crippen LogP contribution in [0.2, 0.25) is 0 Å². The number of carboxylic acids is 1. The number of carboxylic acid groups (broad SMARTS) is 1. The molecule has 0 aromatic carbocycles. The molecule has 0 aliphatic rings. The summed E-state index contributed by atoms with van der Waals surface area (Å²) in [6, 6.07) is 0. The predicted molar refractivity (Wildman–Crippen MR) is 96.1 cm³/mol. The number of ketones is 1. The number of Topliss-reactive ketones (excluding diaryl/α,β-unsaturated/α-hetero) is 1. The van der Waals surface area contributed by atoms with Crippen LogP contribution in [0, 0.1) is 16.2 Å². The molecule has 0 radical (unpaired) electrons. The second-order valence-electron chi connectivity index (χ2n) is 9.02. The third kappa shape index (κ3) is 23.9. The summed E-state index contributed by atoms with van der Waals surface area (Å²) in [7, 11) is 0. The van der Waals surface area contributed by atoms with Crippen molar-refractivity contribution in [1.29, 1.82) is 0 Å². The highest BCUT2D eigenvalue weighted by atomic mass is 16.4. The van der Waals surface area contributed by atoms with Gasteiger partial charge in [-0.3, -0.25) is 4.79 Å². The van der Waals surface area contributed by atoms with Crippen LogP contribution in [0.4, 0.5) is 0 Å². The van der Waals surface area contributed by atoms with E-state index in [1.54, 1.807) is 27.7 Å². The molecule has 0 fully saturated rings. The maximum atomic E-state index is 10.5. The van der Waals surface area contributed by atoms with Crippen LogP contribution in [0.25, 0.3) is 0 Å². The molecular formula is C19H38O3. The molecule has 0 aromatic rings. The highest BCUT2D eigenvalue weighted by molar-refractivity contribution is 5.76. The molecule has 0 aromatic heterocycles. The van der Waals surface area contributed by atoms with Crippen LogP contribution < -0.4 is 0 Å². The first kappa shape index (κ1) is 25.8. The molecule has 0 spiro atoms. The van der Waals surface area contributed by atoms with E-state index in [1.165, 1.54) is 5.57 Å². The van der Waals surface area contributed by atoms with Gasteiger partial charge in [0.2, 0.25) is 0 Å². The van der Waals surface area contributed by atoms with Crippen molar-refractivity contribution in [2.75, 3.05) is 0 Å². The van der Waals surface area contributed by atoms with Gasteiger partial charge in [-0.25, -0.2) is 0 Å². The highest BCUT2D eigenvalue weighted by Crippen LogP contribution is 2.21. The second-order valence-corrected chi connectivity index (χ2v) is 9.02. The summed E-state index contributed by atoms with van der Waals surface area (Å²) in [6.07, 6.45) is 0.687. The van der Waals surface area contributed by atoms with Gasteiger partial charge < -0.3 is 9.90 Å². The van der Waals surface area contributed by atoms with E-state index in [0.717, 1.165) is 0 Å². The topological polar surface area (TPSA) is 54.4 Å². The van der Waals surface area contributed by atoms with Crippen LogP contribution in [0.3, 0.4) is 0 Å². The van der Waals surface area contributed by atoms with E-state index in [-0.39, 0.29) is 11.2 Å². The van der Waals surface area contributed by atoms with Gasteiger partial charge in [-0.15, -0.1) is 0 Å². The monoisotopic (exact) mass is 314 g/mol. The molecule has 0 heterocycles. The minimum atomic E-state index is -0.757. The summed E-state index contributed by atoms with van der Waals surface area (Å²) in [4.78, 5) is 20.5. The third-order valence-corrected chi connectivity index (χ3v) is 2.70. The lowest BCUT2D eigenvalue weighted by molar-refractivity contribution is -0.145. The van der Waals surface area contributed by atoms with Gasteiger partial charge in [-0.1, -0.05) is 53.7 Å². The highest BCUT2D eigenvalue weighted by Gasteiger charge is 2.18. The fraction of sp³-hybridized carbons (Fsp3) is 0.789. The Labute approximate surface area is 138 Å². The van der Waals surface area contributed by atoms with Crippen LogP contribution in [-0.4, -0.2) is 16.9 Å². The summed E-state index contributed by atoms with van der Waals surface area (Å²) in [6.45, 7) is 25.2. The Kier molecular flexibility index (Phi) is 11.5. The summed E-state index contributed by atoms with van der Waals surface area (Å²) in [5.74, 6) is -0.481. The number of allylic oxidation sites excluding steroid dienone is 1. The van der Waals surface area contributed by atoms with Gasteiger partial charge >= 0.3 is 5.97 Å². The SMILES string of the molecule is C=C(C)C(C)(C)C.CC(=O)CC(C)(C)C.CC(C)(C)C(=O)O. The number of rotatable bonds is 1. The van der Waals surface area contributed by atoms with Crippen LogP contribution in [0.1, 0.15) is 82.6 Å². The zero-order valence-electron chi connectivity index (χ0n) is 16.7. The number of aliphatic carboxylic acids is 1. The van der Waals surface area contributed by atoms with E-state index in [2.05, 4.69) is 55.0 Å². The van der Waals surface area contributed by atoms with Crippen molar-refractivity contribution in [3.05, 3.63) is 12.2 Å². The Hall–Kier alpha value is -1.12. The Bertz CT molecular complexity index is 334. The third-order valence-electron chi connectivity index (χ3n) is 2.70. The number of hydrogen-bond donors (Lipinski definition) is 1. The molecule has 0 bridgehead atoms. The van der Waals surface area contributed by atoms with E-state index in [1.807, 2.05) is 0 Å². The fourth-order valence-electron chi connectivity index (χ4n) is 0.747. The lowest BCUT2D eigenvalue weighted by atomic mass is 9.89. The fourth-order valence-corrected chi connectivity index (χ4v) is 0.747. The quantitative estimate of drug-likeness (QED) is 0.628.